The van der Waals surface area contributed by atoms with Gasteiger partial charge in [-0.1, -0.05) is 52.0 Å². The van der Waals surface area contributed by atoms with Crippen LogP contribution >= 0.6 is 0 Å². The summed E-state index contributed by atoms with van der Waals surface area (Å²) in [7, 11) is 0. The van der Waals surface area contributed by atoms with Gasteiger partial charge in [-0.3, -0.25) is 0 Å². The molecular formula is C15H22F2O. The van der Waals surface area contributed by atoms with Gasteiger partial charge in [0, 0.05) is 5.92 Å². The van der Waals surface area contributed by atoms with Gasteiger partial charge in [0.25, 0.3) is 0 Å². The summed E-state index contributed by atoms with van der Waals surface area (Å²) in [6.07, 6.45) is -3.32. The van der Waals surface area contributed by atoms with Gasteiger partial charge >= 0.3 is 0 Å². The van der Waals surface area contributed by atoms with Gasteiger partial charge in [-0.2, -0.15) is 0 Å². The van der Waals surface area contributed by atoms with Gasteiger partial charge in [-0.25, -0.2) is 8.78 Å². The molecule has 0 saturated heterocycles. The van der Waals surface area contributed by atoms with Crippen molar-refractivity contribution in [2.75, 3.05) is 0 Å². The molecule has 0 spiro atoms. The molecular weight excluding hydrogens is 234 g/mol. The van der Waals surface area contributed by atoms with Crippen LogP contribution in [0.5, 0.6) is 0 Å². The smallest absolute Gasteiger partial charge is 0.244 e. The van der Waals surface area contributed by atoms with Gasteiger partial charge in [0.15, 0.2) is 0 Å². The number of rotatable bonds is 4. The number of alkyl halides is 2. The van der Waals surface area contributed by atoms with E-state index in [1.807, 2.05) is 12.1 Å². The van der Waals surface area contributed by atoms with Crippen LogP contribution in [0.25, 0.3) is 0 Å². The minimum Gasteiger partial charge on any atom is -0.388 e. The van der Waals surface area contributed by atoms with Crippen LogP contribution in [0.1, 0.15) is 51.3 Å². The standard InChI is InChI=1S/C15H22F2O/c1-5-12(14(16)17)13(18)10-6-8-11(9-7-10)15(2,3)4/h6-9,12-14,18H,5H2,1-4H3. The fraction of sp³-hybridized carbons (Fsp3) is 0.600. The topological polar surface area (TPSA) is 20.2 Å². The zero-order valence-corrected chi connectivity index (χ0v) is 11.5. The average molecular weight is 256 g/mol. The van der Waals surface area contributed by atoms with Gasteiger partial charge in [0.2, 0.25) is 6.43 Å². The lowest BCUT2D eigenvalue weighted by atomic mass is 9.85. The number of hydrogen-bond acceptors (Lipinski definition) is 1. The molecule has 0 aliphatic heterocycles. The maximum absolute atomic E-state index is 12.7. The van der Waals surface area contributed by atoms with Crippen molar-refractivity contribution in [3.05, 3.63) is 35.4 Å². The van der Waals surface area contributed by atoms with E-state index in [-0.39, 0.29) is 11.8 Å². The predicted octanol–water partition coefficient (Wildman–Crippen LogP) is 4.31. The quantitative estimate of drug-likeness (QED) is 0.851. The Morgan fingerprint density at radius 3 is 1.94 bits per heavy atom. The van der Waals surface area contributed by atoms with E-state index in [9.17, 15) is 13.9 Å². The minimum absolute atomic E-state index is 0.0242. The number of aliphatic hydroxyl groups is 1. The van der Waals surface area contributed by atoms with E-state index < -0.39 is 18.4 Å². The second kappa shape index (κ2) is 5.79. The van der Waals surface area contributed by atoms with E-state index in [2.05, 4.69) is 20.8 Å². The van der Waals surface area contributed by atoms with Crippen LogP contribution in [0.2, 0.25) is 0 Å². The number of benzene rings is 1. The van der Waals surface area contributed by atoms with Crippen LogP contribution in [0, 0.1) is 5.92 Å². The molecule has 1 aromatic carbocycles. The van der Waals surface area contributed by atoms with Gasteiger partial charge < -0.3 is 5.11 Å². The highest BCUT2D eigenvalue weighted by Gasteiger charge is 2.28. The first-order valence-corrected chi connectivity index (χ1v) is 6.34. The van der Waals surface area contributed by atoms with Gasteiger partial charge in [0.1, 0.15) is 0 Å². The molecule has 1 rings (SSSR count). The Bertz CT molecular complexity index is 365. The fourth-order valence-corrected chi connectivity index (χ4v) is 1.97. The van der Waals surface area contributed by atoms with Crippen LogP contribution < -0.4 is 0 Å². The minimum atomic E-state index is -2.49. The first-order chi connectivity index (χ1) is 8.27. The summed E-state index contributed by atoms with van der Waals surface area (Å²) in [5, 5.41) is 9.96. The van der Waals surface area contributed by atoms with Crippen LogP contribution in [0.4, 0.5) is 8.78 Å². The fourth-order valence-electron chi connectivity index (χ4n) is 1.97. The zero-order valence-electron chi connectivity index (χ0n) is 11.5. The molecule has 1 N–H and O–H groups in total. The van der Waals surface area contributed by atoms with Crippen LogP contribution in [-0.4, -0.2) is 11.5 Å². The summed E-state index contributed by atoms with van der Waals surface area (Å²) in [5.74, 6) is -0.995. The van der Waals surface area contributed by atoms with Crippen molar-refractivity contribution in [3.63, 3.8) is 0 Å². The lowest BCUT2D eigenvalue weighted by Crippen LogP contribution is -2.20. The van der Waals surface area contributed by atoms with Crippen molar-refractivity contribution >= 4 is 0 Å². The molecule has 1 nitrogen and oxygen atoms in total. The molecule has 0 bridgehead atoms. The molecule has 102 valence electrons. The van der Waals surface area contributed by atoms with Crippen molar-refractivity contribution in [2.45, 2.75) is 52.1 Å². The van der Waals surface area contributed by atoms with Gasteiger partial charge in [-0.05, 0) is 23.0 Å². The highest BCUT2D eigenvalue weighted by Crippen LogP contribution is 2.31. The molecule has 0 aliphatic rings. The van der Waals surface area contributed by atoms with Gasteiger partial charge in [-0.15, -0.1) is 0 Å². The molecule has 1 aromatic rings. The Labute approximate surface area is 108 Å². The van der Waals surface area contributed by atoms with Crippen molar-refractivity contribution in [1.29, 1.82) is 0 Å². The average Bonchev–Trinajstić information content (AvgIpc) is 2.28. The van der Waals surface area contributed by atoms with Crippen LogP contribution in [0.15, 0.2) is 24.3 Å². The zero-order chi connectivity index (χ0) is 13.9. The molecule has 0 radical (unpaired) electrons. The van der Waals surface area contributed by atoms with Crippen LogP contribution in [-0.2, 0) is 5.41 Å². The number of hydrogen-bond donors (Lipinski definition) is 1. The molecule has 0 aromatic heterocycles. The normalized spacial score (nSPS) is 15.8. The maximum Gasteiger partial charge on any atom is 0.244 e. The van der Waals surface area contributed by atoms with E-state index in [0.29, 0.717) is 5.56 Å². The summed E-state index contributed by atoms with van der Waals surface area (Å²) in [6.45, 7) is 7.94. The van der Waals surface area contributed by atoms with E-state index >= 15 is 0 Å². The van der Waals surface area contributed by atoms with Crippen LogP contribution in [0.3, 0.4) is 0 Å². The lowest BCUT2D eigenvalue weighted by Gasteiger charge is -2.23. The molecule has 0 amide bonds. The predicted molar refractivity (Wildman–Crippen MR) is 69.9 cm³/mol. The van der Waals surface area contributed by atoms with Crippen molar-refractivity contribution in [1.82, 2.24) is 0 Å². The molecule has 0 saturated carbocycles. The summed E-state index contributed by atoms with van der Waals surface area (Å²) in [6, 6.07) is 7.29. The van der Waals surface area contributed by atoms with E-state index in [4.69, 9.17) is 0 Å². The second-order valence-electron chi connectivity index (χ2n) is 5.72. The molecule has 2 atom stereocenters. The summed E-state index contributed by atoms with van der Waals surface area (Å²) < 4.78 is 25.5. The monoisotopic (exact) mass is 256 g/mol. The van der Waals surface area contributed by atoms with E-state index in [1.165, 1.54) is 0 Å². The van der Waals surface area contributed by atoms with E-state index in [1.54, 1.807) is 19.1 Å². The van der Waals surface area contributed by atoms with E-state index in [0.717, 1.165) is 5.56 Å². The van der Waals surface area contributed by atoms with Crippen molar-refractivity contribution < 1.29 is 13.9 Å². The Kier molecular flexibility index (Phi) is 4.85. The van der Waals surface area contributed by atoms with Crippen molar-refractivity contribution in [3.8, 4) is 0 Å². The summed E-state index contributed by atoms with van der Waals surface area (Å²) in [5.41, 5.74) is 1.72. The first kappa shape index (κ1) is 15.1. The second-order valence-corrected chi connectivity index (χ2v) is 5.72. The third-order valence-electron chi connectivity index (χ3n) is 3.32. The van der Waals surface area contributed by atoms with Crippen molar-refractivity contribution in [2.24, 2.45) is 5.92 Å². The molecule has 0 aliphatic carbocycles. The summed E-state index contributed by atoms with van der Waals surface area (Å²) >= 11 is 0. The maximum atomic E-state index is 12.7. The first-order valence-electron chi connectivity index (χ1n) is 6.34. The largest absolute Gasteiger partial charge is 0.388 e. The molecule has 0 heterocycles. The highest BCUT2D eigenvalue weighted by atomic mass is 19.3. The highest BCUT2D eigenvalue weighted by molar-refractivity contribution is 5.28. The number of halogens is 2. The molecule has 18 heavy (non-hydrogen) atoms. The van der Waals surface area contributed by atoms with Gasteiger partial charge in [0.05, 0.1) is 6.10 Å². The molecule has 2 unspecified atom stereocenters. The summed E-state index contributed by atoms with van der Waals surface area (Å²) in [4.78, 5) is 0. The Balaban J connectivity index is 2.91. The Morgan fingerprint density at radius 2 is 1.61 bits per heavy atom. The number of aliphatic hydroxyl groups excluding tert-OH is 1. The lowest BCUT2D eigenvalue weighted by molar-refractivity contribution is -0.0110. The molecule has 0 fully saturated rings. The third kappa shape index (κ3) is 3.52. The molecule has 3 heteroatoms. The Hall–Kier alpha value is -0.960. The third-order valence-corrected chi connectivity index (χ3v) is 3.32. The SMILES string of the molecule is CCC(C(F)F)C(O)c1ccc(C(C)(C)C)cc1. The Morgan fingerprint density at radius 1 is 1.11 bits per heavy atom.